The number of aromatic nitrogens is 1. The molecule has 0 fully saturated rings. The predicted molar refractivity (Wildman–Crippen MR) is 118 cm³/mol. The van der Waals surface area contributed by atoms with Crippen LogP contribution >= 0.6 is 22.9 Å². The lowest BCUT2D eigenvalue weighted by molar-refractivity contribution is -0.137. The molecule has 1 aliphatic rings. The van der Waals surface area contributed by atoms with Crippen LogP contribution in [0.15, 0.2) is 46.9 Å². The first-order valence-corrected chi connectivity index (χ1v) is 10.9. The van der Waals surface area contributed by atoms with Gasteiger partial charge < -0.3 is 5.11 Å². The van der Waals surface area contributed by atoms with Crippen LogP contribution in [0, 0.1) is 6.92 Å². The summed E-state index contributed by atoms with van der Waals surface area (Å²) >= 11 is 8.10. The van der Waals surface area contributed by atoms with Gasteiger partial charge in [-0.1, -0.05) is 29.3 Å². The first-order valence-electron chi connectivity index (χ1n) is 9.64. The van der Waals surface area contributed by atoms with Gasteiger partial charge in [-0.25, -0.2) is 9.99 Å². The number of aryl methyl sites for hydroxylation is 1. The van der Waals surface area contributed by atoms with Crippen LogP contribution in [-0.2, 0) is 9.59 Å². The number of hydrazone groups is 1. The van der Waals surface area contributed by atoms with Crippen molar-refractivity contribution in [2.75, 3.05) is 0 Å². The van der Waals surface area contributed by atoms with E-state index in [-0.39, 0.29) is 31.2 Å². The van der Waals surface area contributed by atoms with E-state index in [2.05, 4.69) is 10.1 Å². The number of nitrogens with zero attached hydrogens (tertiary/aromatic N) is 3. The molecular weight excluding hydrogens is 422 g/mol. The van der Waals surface area contributed by atoms with E-state index >= 15 is 0 Å². The predicted octanol–water partition coefficient (Wildman–Crippen LogP) is 5.19. The third kappa shape index (κ3) is 4.22. The molecule has 30 heavy (non-hydrogen) atoms. The van der Waals surface area contributed by atoms with Crippen molar-refractivity contribution in [3.8, 4) is 0 Å². The van der Waals surface area contributed by atoms with Crippen molar-refractivity contribution in [3.05, 3.63) is 62.9 Å². The minimum atomic E-state index is -0.916. The molecule has 1 aromatic carbocycles. The maximum absolute atomic E-state index is 12.9. The van der Waals surface area contributed by atoms with Crippen molar-refractivity contribution in [2.45, 2.75) is 38.6 Å². The van der Waals surface area contributed by atoms with Crippen LogP contribution in [0.2, 0.25) is 5.15 Å². The minimum Gasteiger partial charge on any atom is -0.481 e. The summed E-state index contributed by atoms with van der Waals surface area (Å²) in [6.07, 6.45) is 0.860. The van der Waals surface area contributed by atoms with Gasteiger partial charge in [0, 0.05) is 30.2 Å². The van der Waals surface area contributed by atoms with Crippen LogP contribution in [0.25, 0.3) is 10.9 Å². The summed E-state index contributed by atoms with van der Waals surface area (Å²) in [6, 6.07) is 11.5. The molecule has 4 rings (SSSR count). The number of hydrogen-bond donors (Lipinski definition) is 1. The largest absolute Gasteiger partial charge is 0.481 e. The number of rotatable bonds is 6. The lowest BCUT2D eigenvalue weighted by Gasteiger charge is -2.23. The molecule has 8 heteroatoms. The molecule has 0 radical (unpaired) electrons. The van der Waals surface area contributed by atoms with E-state index < -0.39 is 5.97 Å². The first kappa shape index (κ1) is 20.5. The molecule has 0 saturated heterocycles. The third-order valence-corrected chi connectivity index (χ3v) is 6.28. The normalized spacial score (nSPS) is 16.1. The monoisotopic (exact) mass is 441 g/mol. The minimum absolute atomic E-state index is 0.0523. The van der Waals surface area contributed by atoms with E-state index in [0.29, 0.717) is 11.6 Å². The Morgan fingerprint density at radius 1 is 1.27 bits per heavy atom. The van der Waals surface area contributed by atoms with Crippen LogP contribution in [0.1, 0.15) is 47.7 Å². The number of carbonyl (C=O) groups is 2. The number of amides is 1. The number of hydrogen-bond acceptors (Lipinski definition) is 5. The first-order chi connectivity index (χ1) is 14.4. The van der Waals surface area contributed by atoms with Gasteiger partial charge in [0.1, 0.15) is 5.15 Å². The molecule has 0 aliphatic carbocycles. The fraction of sp³-hybridized carbons (Fsp3) is 0.273. The quantitative estimate of drug-likeness (QED) is 0.533. The Balaban J connectivity index is 1.69. The zero-order valence-corrected chi connectivity index (χ0v) is 17.9. The molecule has 1 aliphatic heterocycles. The Labute approximate surface area is 182 Å². The number of benzene rings is 1. The van der Waals surface area contributed by atoms with E-state index in [1.54, 1.807) is 11.3 Å². The number of pyridine rings is 1. The van der Waals surface area contributed by atoms with Gasteiger partial charge in [-0.3, -0.25) is 9.59 Å². The highest BCUT2D eigenvalue weighted by molar-refractivity contribution is 7.12. The summed E-state index contributed by atoms with van der Waals surface area (Å²) in [6.45, 7) is 2.01. The molecule has 6 nitrogen and oxygen atoms in total. The highest BCUT2D eigenvalue weighted by Gasteiger charge is 2.35. The van der Waals surface area contributed by atoms with Crippen molar-refractivity contribution >= 4 is 51.4 Å². The fourth-order valence-corrected chi connectivity index (χ4v) is 4.59. The van der Waals surface area contributed by atoms with E-state index in [4.69, 9.17) is 16.7 Å². The molecule has 1 atom stereocenters. The molecule has 0 unspecified atom stereocenters. The Morgan fingerprint density at radius 3 is 2.83 bits per heavy atom. The lowest BCUT2D eigenvalue weighted by atomic mass is 10.00. The number of carboxylic acid groups (broad SMARTS) is 1. The summed E-state index contributed by atoms with van der Waals surface area (Å²) in [4.78, 5) is 29.3. The van der Waals surface area contributed by atoms with Crippen molar-refractivity contribution in [1.29, 1.82) is 0 Å². The van der Waals surface area contributed by atoms with Gasteiger partial charge in [-0.15, -0.1) is 11.3 Å². The van der Waals surface area contributed by atoms with Crippen molar-refractivity contribution < 1.29 is 14.7 Å². The zero-order chi connectivity index (χ0) is 21.3. The van der Waals surface area contributed by atoms with Gasteiger partial charge in [-0.2, -0.15) is 5.10 Å². The van der Waals surface area contributed by atoms with Gasteiger partial charge in [0.2, 0.25) is 5.91 Å². The topological polar surface area (TPSA) is 82.9 Å². The number of thiophene rings is 1. The van der Waals surface area contributed by atoms with Crippen molar-refractivity contribution in [2.24, 2.45) is 5.10 Å². The van der Waals surface area contributed by atoms with Gasteiger partial charge in [0.15, 0.2) is 0 Å². The van der Waals surface area contributed by atoms with E-state index in [1.807, 2.05) is 48.7 Å². The molecular formula is C22H20ClN3O3S. The molecule has 154 valence electrons. The van der Waals surface area contributed by atoms with Crippen LogP contribution in [0.5, 0.6) is 0 Å². The molecule has 1 N–H and O–H groups in total. The summed E-state index contributed by atoms with van der Waals surface area (Å²) in [5, 5.41) is 18.2. The highest BCUT2D eigenvalue weighted by Crippen LogP contribution is 2.38. The molecule has 3 aromatic rings. The van der Waals surface area contributed by atoms with Crippen LogP contribution < -0.4 is 0 Å². The number of aliphatic carboxylic acids is 1. The number of fused-ring (bicyclic) bond motifs is 1. The molecule has 0 saturated carbocycles. The molecule has 0 bridgehead atoms. The van der Waals surface area contributed by atoms with Gasteiger partial charge in [0.05, 0.1) is 22.1 Å². The maximum atomic E-state index is 12.9. The van der Waals surface area contributed by atoms with Crippen LogP contribution in [0.4, 0.5) is 0 Å². The van der Waals surface area contributed by atoms with Gasteiger partial charge in [0.25, 0.3) is 0 Å². The summed E-state index contributed by atoms with van der Waals surface area (Å²) < 4.78 is 0. The van der Waals surface area contributed by atoms with E-state index in [1.165, 1.54) is 5.01 Å². The molecule has 1 amide bonds. The lowest BCUT2D eigenvalue weighted by Crippen LogP contribution is -2.27. The second-order valence-corrected chi connectivity index (χ2v) is 8.60. The Kier molecular flexibility index (Phi) is 5.83. The van der Waals surface area contributed by atoms with Crippen molar-refractivity contribution in [1.82, 2.24) is 9.99 Å². The molecule has 2 aromatic heterocycles. The fourth-order valence-electron chi connectivity index (χ4n) is 3.60. The van der Waals surface area contributed by atoms with Gasteiger partial charge in [-0.05, 0) is 43.0 Å². The smallest absolute Gasteiger partial charge is 0.303 e. The van der Waals surface area contributed by atoms with Crippen LogP contribution in [-0.4, -0.2) is 32.7 Å². The molecule has 3 heterocycles. The number of carbonyl (C=O) groups excluding carboxylic acids is 1. The third-order valence-electron chi connectivity index (χ3n) is 5.06. The zero-order valence-electron chi connectivity index (χ0n) is 16.3. The second kappa shape index (κ2) is 8.53. The Hall–Kier alpha value is -2.77. The Bertz CT molecular complexity index is 1140. The van der Waals surface area contributed by atoms with Gasteiger partial charge >= 0.3 is 5.97 Å². The Morgan fingerprint density at radius 2 is 2.10 bits per heavy atom. The van der Waals surface area contributed by atoms with Crippen molar-refractivity contribution in [3.63, 3.8) is 0 Å². The maximum Gasteiger partial charge on any atom is 0.303 e. The highest BCUT2D eigenvalue weighted by atomic mass is 35.5. The van der Waals surface area contributed by atoms with E-state index in [0.717, 1.165) is 32.6 Å². The van der Waals surface area contributed by atoms with E-state index in [9.17, 15) is 9.59 Å². The average molecular weight is 442 g/mol. The number of carboxylic acids is 1. The average Bonchev–Trinajstić information content (AvgIpc) is 3.37. The molecule has 0 spiro atoms. The number of halogens is 1. The SMILES string of the molecule is Cc1ccc2nc(Cl)c([C@@H]3CC(c4cccs4)=NN3C(=O)CCCC(=O)O)cc2c1. The van der Waals surface area contributed by atoms with Crippen LogP contribution in [0.3, 0.4) is 0 Å². The summed E-state index contributed by atoms with van der Waals surface area (Å²) in [5.74, 6) is -1.13. The second-order valence-electron chi connectivity index (χ2n) is 7.29. The standard InChI is InChI=1S/C22H20ClN3O3S/c1-13-7-8-16-14(10-13)11-15(22(23)24-16)18-12-17(19-4-3-9-30-19)25-26(18)20(27)5-2-6-21(28)29/h3-4,7-11,18H,2,5-6,12H2,1H3,(H,28,29)/t18-/m0/s1. The summed E-state index contributed by atoms with van der Waals surface area (Å²) in [7, 11) is 0. The summed E-state index contributed by atoms with van der Waals surface area (Å²) in [5.41, 5.74) is 3.48.